The summed E-state index contributed by atoms with van der Waals surface area (Å²) in [6, 6.07) is 7.83. The zero-order valence-corrected chi connectivity index (χ0v) is 9.16. The first-order chi connectivity index (χ1) is 7.11. The van der Waals surface area contributed by atoms with Gasteiger partial charge in [-0.3, -0.25) is 4.79 Å². The molecular formula is C12H17N2O. The number of anilines is 1. The third-order valence-corrected chi connectivity index (χ3v) is 2.02. The summed E-state index contributed by atoms with van der Waals surface area (Å²) in [5.41, 5.74) is 7.62. The molecule has 0 saturated heterocycles. The second kappa shape index (κ2) is 5.51. The zero-order chi connectivity index (χ0) is 11.3. The molecule has 3 nitrogen and oxygen atoms in total. The van der Waals surface area contributed by atoms with E-state index in [0.717, 1.165) is 11.3 Å². The van der Waals surface area contributed by atoms with Crippen molar-refractivity contribution in [2.24, 2.45) is 5.73 Å². The van der Waals surface area contributed by atoms with Gasteiger partial charge in [-0.15, -0.1) is 0 Å². The molecule has 81 valence electrons. The minimum absolute atomic E-state index is 0.418. The van der Waals surface area contributed by atoms with Crippen LogP contribution >= 0.6 is 0 Å². The van der Waals surface area contributed by atoms with E-state index in [1.54, 1.807) is 6.29 Å². The molecule has 0 amide bonds. The lowest BCUT2D eigenvalue weighted by Gasteiger charge is -2.10. The van der Waals surface area contributed by atoms with Crippen LogP contribution in [0.4, 0.5) is 5.69 Å². The molecule has 1 radical (unpaired) electrons. The molecule has 0 aliphatic heterocycles. The van der Waals surface area contributed by atoms with Gasteiger partial charge >= 0.3 is 0 Å². The quantitative estimate of drug-likeness (QED) is 0.765. The minimum Gasteiger partial charge on any atom is -0.383 e. The van der Waals surface area contributed by atoms with E-state index in [1.807, 2.05) is 24.3 Å². The summed E-state index contributed by atoms with van der Waals surface area (Å²) < 4.78 is 0. The van der Waals surface area contributed by atoms with Crippen molar-refractivity contribution in [1.82, 2.24) is 0 Å². The lowest BCUT2D eigenvalue weighted by Crippen LogP contribution is -2.23. The maximum atomic E-state index is 10.3. The molecule has 0 spiro atoms. The third kappa shape index (κ3) is 4.13. The topological polar surface area (TPSA) is 55.1 Å². The van der Waals surface area contributed by atoms with Crippen LogP contribution in [0.5, 0.6) is 0 Å². The van der Waals surface area contributed by atoms with Crippen molar-refractivity contribution in [3.8, 4) is 0 Å². The van der Waals surface area contributed by atoms with E-state index >= 15 is 0 Å². The highest BCUT2D eigenvalue weighted by Crippen LogP contribution is 2.11. The molecule has 0 unspecified atom stereocenters. The predicted octanol–water partition coefficient (Wildman–Crippen LogP) is 1.49. The second-order valence-electron chi connectivity index (χ2n) is 3.92. The largest absolute Gasteiger partial charge is 0.383 e. The summed E-state index contributed by atoms with van der Waals surface area (Å²) in [5.74, 6) is 0. The average Bonchev–Trinajstić information content (AvgIpc) is 2.20. The molecule has 3 N–H and O–H groups in total. The first-order valence-electron chi connectivity index (χ1n) is 5.10. The Balaban J connectivity index is 2.59. The van der Waals surface area contributed by atoms with Gasteiger partial charge in [0.2, 0.25) is 6.29 Å². The van der Waals surface area contributed by atoms with Gasteiger partial charge < -0.3 is 11.1 Å². The van der Waals surface area contributed by atoms with Crippen molar-refractivity contribution in [2.45, 2.75) is 32.4 Å². The summed E-state index contributed by atoms with van der Waals surface area (Å²) in [6.07, 6.45) is 2.32. The molecule has 0 aromatic heterocycles. The Morgan fingerprint density at radius 1 is 1.33 bits per heavy atom. The van der Waals surface area contributed by atoms with Crippen LogP contribution in [0.25, 0.3) is 0 Å². The molecule has 0 bridgehead atoms. The predicted molar refractivity (Wildman–Crippen MR) is 62.6 cm³/mol. The molecule has 15 heavy (non-hydrogen) atoms. The fourth-order valence-electron chi connectivity index (χ4n) is 1.37. The molecule has 0 aliphatic rings. The van der Waals surface area contributed by atoms with Crippen molar-refractivity contribution in [3.05, 3.63) is 29.8 Å². The Hall–Kier alpha value is -1.35. The van der Waals surface area contributed by atoms with E-state index in [9.17, 15) is 4.79 Å². The van der Waals surface area contributed by atoms with Crippen molar-refractivity contribution >= 4 is 12.0 Å². The summed E-state index contributed by atoms with van der Waals surface area (Å²) in [7, 11) is 0. The van der Waals surface area contributed by atoms with Gasteiger partial charge in [0.1, 0.15) is 0 Å². The summed E-state index contributed by atoms with van der Waals surface area (Å²) in [6.45, 7) is 4.18. The molecule has 0 heterocycles. The van der Waals surface area contributed by atoms with Gasteiger partial charge in [-0.1, -0.05) is 12.1 Å². The van der Waals surface area contributed by atoms with Crippen molar-refractivity contribution in [1.29, 1.82) is 0 Å². The van der Waals surface area contributed by atoms with Crippen LogP contribution < -0.4 is 11.1 Å². The lowest BCUT2D eigenvalue weighted by molar-refractivity contribution is 0.541. The van der Waals surface area contributed by atoms with Crippen LogP contribution in [-0.4, -0.2) is 18.4 Å². The van der Waals surface area contributed by atoms with Crippen molar-refractivity contribution in [3.63, 3.8) is 0 Å². The van der Waals surface area contributed by atoms with E-state index in [0.29, 0.717) is 12.5 Å². The summed E-state index contributed by atoms with van der Waals surface area (Å²) in [5, 5.41) is 3.29. The Labute approximate surface area is 90.7 Å². The maximum absolute atomic E-state index is 10.3. The van der Waals surface area contributed by atoms with Gasteiger partial charge in [-0.05, 0) is 38.0 Å². The normalized spacial score (nSPS) is 12.5. The SMILES string of the molecule is CC(C)Nc1ccc(C[C@H](N)[C]=O)cc1. The fourth-order valence-corrected chi connectivity index (χ4v) is 1.37. The average molecular weight is 205 g/mol. The Morgan fingerprint density at radius 2 is 1.93 bits per heavy atom. The molecule has 1 atom stereocenters. The van der Waals surface area contributed by atoms with E-state index in [-0.39, 0.29) is 0 Å². The molecule has 1 aromatic carbocycles. The van der Waals surface area contributed by atoms with Gasteiger partial charge in [0.15, 0.2) is 0 Å². The van der Waals surface area contributed by atoms with Gasteiger partial charge in [0.25, 0.3) is 0 Å². The Morgan fingerprint density at radius 3 is 2.40 bits per heavy atom. The zero-order valence-electron chi connectivity index (χ0n) is 9.16. The number of hydrogen-bond acceptors (Lipinski definition) is 3. The van der Waals surface area contributed by atoms with Crippen LogP contribution in [0, 0.1) is 0 Å². The Bertz CT molecular complexity index is 306. The summed E-state index contributed by atoms with van der Waals surface area (Å²) in [4.78, 5) is 10.3. The molecule has 0 fully saturated rings. The number of hydrogen-bond donors (Lipinski definition) is 2. The van der Waals surface area contributed by atoms with Crippen molar-refractivity contribution in [2.75, 3.05) is 5.32 Å². The van der Waals surface area contributed by atoms with Crippen LogP contribution in [0.1, 0.15) is 19.4 Å². The van der Waals surface area contributed by atoms with Crippen LogP contribution in [-0.2, 0) is 11.2 Å². The van der Waals surface area contributed by atoms with E-state index in [2.05, 4.69) is 19.2 Å². The van der Waals surface area contributed by atoms with Crippen molar-refractivity contribution < 1.29 is 4.79 Å². The fraction of sp³-hybridized carbons (Fsp3) is 0.417. The van der Waals surface area contributed by atoms with Gasteiger partial charge in [-0.25, -0.2) is 0 Å². The van der Waals surface area contributed by atoms with E-state index in [1.165, 1.54) is 0 Å². The maximum Gasteiger partial charge on any atom is 0.217 e. The highest BCUT2D eigenvalue weighted by Gasteiger charge is 2.03. The number of carbonyl (C=O) groups excluding carboxylic acids is 1. The van der Waals surface area contributed by atoms with Crippen LogP contribution in [0.15, 0.2) is 24.3 Å². The molecule has 0 saturated carbocycles. The minimum atomic E-state index is -0.520. The molecule has 1 rings (SSSR count). The first-order valence-corrected chi connectivity index (χ1v) is 5.10. The van der Waals surface area contributed by atoms with Gasteiger partial charge in [-0.2, -0.15) is 0 Å². The number of nitrogens with one attached hydrogen (secondary N) is 1. The van der Waals surface area contributed by atoms with E-state index < -0.39 is 6.04 Å². The van der Waals surface area contributed by atoms with Crippen LogP contribution in [0.2, 0.25) is 0 Å². The smallest absolute Gasteiger partial charge is 0.217 e. The highest BCUT2D eigenvalue weighted by atomic mass is 16.1. The summed E-state index contributed by atoms with van der Waals surface area (Å²) >= 11 is 0. The number of benzene rings is 1. The van der Waals surface area contributed by atoms with Gasteiger partial charge in [0, 0.05) is 11.7 Å². The molecule has 1 aromatic rings. The third-order valence-electron chi connectivity index (χ3n) is 2.02. The highest BCUT2D eigenvalue weighted by molar-refractivity contribution is 5.59. The van der Waals surface area contributed by atoms with Gasteiger partial charge in [0.05, 0.1) is 6.04 Å². The standard InChI is InChI=1S/C12H17N2O/c1-9(2)14-12-5-3-10(4-6-12)7-11(13)8-15/h3-6,9,11,14H,7,13H2,1-2H3/t11-/m0/s1. The lowest BCUT2D eigenvalue weighted by atomic mass is 10.1. The molecule has 3 heteroatoms. The molecule has 0 aliphatic carbocycles. The van der Waals surface area contributed by atoms with E-state index in [4.69, 9.17) is 5.73 Å². The first kappa shape index (κ1) is 11.7. The molecular weight excluding hydrogens is 188 g/mol. The Kier molecular flexibility index (Phi) is 4.31. The number of nitrogens with two attached hydrogens (primary N) is 1. The second-order valence-corrected chi connectivity index (χ2v) is 3.92. The monoisotopic (exact) mass is 205 g/mol. The van der Waals surface area contributed by atoms with Crippen LogP contribution in [0.3, 0.4) is 0 Å². The number of rotatable bonds is 5.